The fourth-order valence-electron chi connectivity index (χ4n) is 2.71. The minimum absolute atomic E-state index is 0.151. The quantitative estimate of drug-likeness (QED) is 0.793. The Morgan fingerprint density at radius 3 is 3.06 bits per heavy atom. The minimum Gasteiger partial charge on any atom is -0.395 e. The number of carbonyl (C=O) groups is 1. The first-order chi connectivity index (χ1) is 8.22. The second-order valence-electron chi connectivity index (χ2n) is 4.99. The summed E-state index contributed by atoms with van der Waals surface area (Å²) in [6.45, 7) is 1.54. The number of hydrogen-bond donors (Lipinski definition) is 1. The molecule has 0 radical (unpaired) electrons. The third kappa shape index (κ3) is 2.87. The van der Waals surface area contributed by atoms with E-state index in [9.17, 15) is 9.90 Å². The van der Waals surface area contributed by atoms with Gasteiger partial charge >= 0.3 is 0 Å². The van der Waals surface area contributed by atoms with Gasteiger partial charge in [-0.15, -0.1) is 0 Å². The molecule has 4 heteroatoms. The summed E-state index contributed by atoms with van der Waals surface area (Å²) in [7, 11) is 1.86. The molecule has 0 unspecified atom stereocenters. The number of hydrogen-bond acceptors (Lipinski definition) is 3. The maximum absolute atomic E-state index is 12.1. The highest BCUT2D eigenvalue weighted by Gasteiger charge is 2.27. The molecule has 1 aliphatic carbocycles. The van der Waals surface area contributed by atoms with Crippen molar-refractivity contribution in [2.45, 2.75) is 38.1 Å². The topological polar surface area (TPSA) is 43.8 Å². The van der Waals surface area contributed by atoms with Crippen LogP contribution in [0.25, 0.3) is 0 Å². The number of carbonyl (C=O) groups excluding carboxylic acids is 1. The van der Waals surface area contributed by atoms with E-state index in [0.717, 1.165) is 44.3 Å². The first-order valence-electron chi connectivity index (χ1n) is 6.53. The molecule has 2 rings (SSSR count). The van der Waals surface area contributed by atoms with Crippen LogP contribution in [0, 0.1) is 0 Å². The third-order valence-corrected chi connectivity index (χ3v) is 3.87. The van der Waals surface area contributed by atoms with Gasteiger partial charge in [-0.25, -0.2) is 0 Å². The molecule has 1 heterocycles. The van der Waals surface area contributed by atoms with E-state index in [-0.39, 0.29) is 18.6 Å². The highest BCUT2D eigenvalue weighted by Crippen LogP contribution is 2.21. The van der Waals surface area contributed by atoms with Gasteiger partial charge in [0.1, 0.15) is 0 Å². The van der Waals surface area contributed by atoms with E-state index in [0.29, 0.717) is 6.54 Å². The third-order valence-electron chi connectivity index (χ3n) is 3.87. The number of likely N-dealkylation sites (tertiary alicyclic amines) is 1. The summed E-state index contributed by atoms with van der Waals surface area (Å²) in [5.74, 6) is 0.151. The first kappa shape index (κ1) is 12.6. The average Bonchev–Trinajstić information content (AvgIpc) is 2.98. The van der Waals surface area contributed by atoms with Gasteiger partial charge in [0, 0.05) is 18.8 Å². The summed E-state index contributed by atoms with van der Waals surface area (Å²) in [5.41, 5.74) is 1.16. The van der Waals surface area contributed by atoms with Gasteiger partial charge in [0.15, 0.2) is 0 Å². The molecule has 1 amide bonds. The normalized spacial score (nSPS) is 25.1. The Morgan fingerprint density at radius 1 is 1.59 bits per heavy atom. The zero-order valence-electron chi connectivity index (χ0n) is 10.6. The Hall–Kier alpha value is -0.870. The molecule has 2 aliphatic rings. The van der Waals surface area contributed by atoms with Crippen molar-refractivity contribution in [3.05, 3.63) is 11.8 Å². The standard InChI is InChI=1S/C13H22N2O2/c1-14(11-5-2-3-6-11)13(17)9-15-8-4-7-12(15)10-16/h5,12,16H,2-4,6-10H2,1H3/t12-/m0/s1. The van der Waals surface area contributed by atoms with Crippen molar-refractivity contribution >= 4 is 5.91 Å². The Labute approximate surface area is 103 Å². The number of aliphatic hydroxyl groups excluding tert-OH is 1. The van der Waals surface area contributed by atoms with E-state index in [1.807, 2.05) is 7.05 Å². The maximum atomic E-state index is 12.1. The van der Waals surface area contributed by atoms with Gasteiger partial charge in [-0.05, 0) is 38.6 Å². The van der Waals surface area contributed by atoms with Crippen LogP contribution < -0.4 is 0 Å². The molecule has 96 valence electrons. The van der Waals surface area contributed by atoms with Gasteiger partial charge in [0.05, 0.1) is 13.2 Å². The summed E-state index contributed by atoms with van der Waals surface area (Å²) in [6, 6.07) is 0.185. The summed E-state index contributed by atoms with van der Waals surface area (Å²) < 4.78 is 0. The van der Waals surface area contributed by atoms with Crippen molar-refractivity contribution in [1.29, 1.82) is 0 Å². The van der Waals surface area contributed by atoms with Crippen LogP contribution >= 0.6 is 0 Å². The molecule has 0 spiro atoms. The van der Waals surface area contributed by atoms with Gasteiger partial charge in [-0.3, -0.25) is 9.69 Å². The molecule has 1 fully saturated rings. The largest absolute Gasteiger partial charge is 0.395 e. The van der Waals surface area contributed by atoms with Crippen LogP contribution in [0.3, 0.4) is 0 Å². The Bertz CT molecular complexity index is 315. The zero-order valence-corrected chi connectivity index (χ0v) is 10.6. The van der Waals surface area contributed by atoms with Crippen molar-refractivity contribution in [2.75, 3.05) is 26.7 Å². The van der Waals surface area contributed by atoms with Gasteiger partial charge in [0.25, 0.3) is 0 Å². The summed E-state index contributed by atoms with van der Waals surface area (Å²) in [5, 5.41) is 9.22. The second kappa shape index (κ2) is 5.65. The van der Waals surface area contributed by atoms with Gasteiger partial charge < -0.3 is 10.0 Å². The number of likely N-dealkylation sites (N-methyl/N-ethyl adjacent to an activating group) is 1. The Morgan fingerprint density at radius 2 is 2.41 bits per heavy atom. The highest BCUT2D eigenvalue weighted by atomic mass is 16.3. The lowest BCUT2D eigenvalue weighted by Gasteiger charge is -2.26. The SMILES string of the molecule is CN(C(=O)CN1CCC[C@H]1CO)C1=CCCC1. The predicted octanol–water partition coefficient (Wildman–Crippen LogP) is 0.969. The lowest BCUT2D eigenvalue weighted by molar-refractivity contribution is -0.129. The molecule has 0 aromatic carbocycles. The zero-order chi connectivity index (χ0) is 12.3. The van der Waals surface area contributed by atoms with Gasteiger partial charge in [-0.1, -0.05) is 6.08 Å². The molecule has 0 aromatic rings. The second-order valence-corrected chi connectivity index (χ2v) is 4.99. The van der Waals surface area contributed by atoms with Crippen LogP contribution in [-0.4, -0.2) is 53.6 Å². The fraction of sp³-hybridized carbons (Fsp3) is 0.769. The molecule has 4 nitrogen and oxygen atoms in total. The molecule has 1 aliphatic heterocycles. The monoisotopic (exact) mass is 238 g/mol. The van der Waals surface area contributed by atoms with Crippen LogP contribution in [-0.2, 0) is 4.79 Å². The average molecular weight is 238 g/mol. The minimum atomic E-state index is 0.151. The van der Waals surface area contributed by atoms with E-state index >= 15 is 0 Å². The summed E-state index contributed by atoms with van der Waals surface area (Å²) in [4.78, 5) is 16.0. The van der Waals surface area contributed by atoms with Gasteiger partial charge in [0.2, 0.25) is 5.91 Å². The fourth-order valence-corrected chi connectivity index (χ4v) is 2.71. The number of allylic oxidation sites excluding steroid dienone is 2. The van der Waals surface area contributed by atoms with Crippen LogP contribution in [0.15, 0.2) is 11.8 Å². The number of amides is 1. The van der Waals surface area contributed by atoms with E-state index in [4.69, 9.17) is 0 Å². The molecule has 0 aromatic heterocycles. The van der Waals surface area contributed by atoms with Crippen LogP contribution in [0.1, 0.15) is 32.1 Å². The van der Waals surface area contributed by atoms with E-state index in [1.54, 1.807) is 4.90 Å². The maximum Gasteiger partial charge on any atom is 0.240 e. The molecular weight excluding hydrogens is 216 g/mol. The molecule has 1 saturated heterocycles. The molecule has 1 atom stereocenters. The van der Waals surface area contributed by atoms with Crippen molar-refractivity contribution in [2.24, 2.45) is 0 Å². The summed E-state index contributed by atoms with van der Waals surface area (Å²) in [6.07, 6.45) is 7.53. The van der Waals surface area contributed by atoms with E-state index < -0.39 is 0 Å². The van der Waals surface area contributed by atoms with E-state index in [2.05, 4.69) is 11.0 Å². The first-order valence-corrected chi connectivity index (χ1v) is 6.53. The lowest BCUT2D eigenvalue weighted by Crippen LogP contribution is -2.41. The lowest BCUT2D eigenvalue weighted by atomic mass is 10.2. The number of rotatable bonds is 4. The molecular formula is C13H22N2O2. The van der Waals surface area contributed by atoms with Crippen molar-refractivity contribution in [3.63, 3.8) is 0 Å². The van der Waals surface area contributed by atoms with Crippen LogP contribution in [0.4, 0.5) is 0 Å². The van der Waals surface area contributed by atoms with Crippen LogP contribution in [0.2, 0.25) is 0 Å². The predicted molar refractivity (Wildman–Crippen MR) is 66.4 cm³/mol. The van der Waals surface area contributed by atoms with Crippen LogP contribution in [0.5, 0.6) is 0 Å². The molecule has 0 saturated carbocycles. The smallest absolute Gasteiger partial charge is 0.240 e. The Balaban J connectivity index is 1.87. The van der Waals surface area contributed by atoms with Crippen molar-refractivity contribution in [3.8, 4) is 0 Å². The number of aliphatic hydroxyl groups is 1. The molecule has 1 N–H and O–H groups in total. The summed E-state index contributed by atoms with van der Waals surface area (Å²) >= 11 is 0. The molecule has 0 bridgehead atoms. The van der Waals surface area contributed by atoms with Crippen molar-refractivity contribution in [1.82, 2.24) is 9.80 Å². The van der Waals surface area contributed by atoms with Crippen molar-refractivity contribution < 1.29 is 9.90 Å². The highest BCUT2D eigenvalue weighted by molar-refractivity contribution is 5.79. The van der Waals surface area contributed by atoms with E-state index in [1.165, 1.54) is 0 Å². The van der Waals surface area contributed by atoms with Gasteiger partial charge in [-0.2, -0.15) is 0 Å². The Kier molecular flexibility index (Phi) is 4.18. The molecule has 17 heavy (non-hydrogen) atoms. The number of nitrogens with zero attached hydrogens (tertiary/aromatic N) is 2.